The Morgan fingerprint density at radius 3 is 2.77 bits per heavy atom. The summed E-state index contributed by atoms with van der Waals surface area (Å²) in [5.74, 6) is -0.420. The first kappa shape index (κ1) is 16.2. The smallest absolute Gasteiger partial charge is 0.220 e. The van der Waals surface area contributed by atoms with E-state index in [1.54, 1.807) is 18.2 Å². The number of carbonyl (C=O) groups is 1. The Morgan fingerprint density at radius 1 is 1.32 bits per heavy atom. The first-order valence-corrected chi connectivity index (χ1v) is 7.37. The second kappa shape index (κ2) is 7.75. The van der Waals surface area contributed by atoms with E-state index in [0.29, 0.717) is 24.9 Å². The molecule has 118 valence electrons. The minimum Gasteiger partial charge on any atom is -0.387 e. The van der Waals surface area contributed by atoms with Crippen molar-refractivity contribution in [3.05, 3.63) is 59.7 Å². The van der Waals surface area contributed by atoms with Crippen molar-refractivity contribution in [2.75, 3.05) is 6.54 Å². The molecule has 0 aliphatic heterocycles. The molecule has 5 heteroatoms. The zero-order valence-electron chi connectivity index (χ0n) is 12.6. The number of rotatable bonds is 7. The summed E-state index contributed by atoms with van der Waals surface area (Å²) in [5, 5.41) is 12.8. The molecule has 1 atom stereocenters. The molecule has 1 unspecified atom stereocenters. The minimum atomic E-state index is -0.605. The Labute approximate surface area is 129 Å². The summed E-state index contributed by atoms with van der Waals surface area (Å²) in [6.45, 7) is 0.391. The van der Waals surface area contributed by atoms with Crippen molar-refractivity contribution in [2.45, 2.75) is 25.4 Å². The molecular formula is C17H21FN2O2. The van der Waals surface area contributed by atoms with Crippen LogP contribution in [0.4, 0.5) is 4.39 Å². The quantitative estimate of drug-likeness (QED) is 0.825. The Balaban J connectivity index is 1.70. The molecule has 1 aromatic carbocycles. The molecule has 1 heterocycles. The predicted octanol–water partition coefficient (Wildman–Crippen LogP) is 2.34. The van der Waals surface area contributed by atoms with Crippen molar-refractivity contribution < 1.29 is 14.3 Å². The number of hydrogen-bond acceptors (Lipinski definition) is 2. The van der Waals surface area contributed by atoms with Crippen LogP contribution >= 0.6 is 0 Å². The summed E-state index contributed by atoms with van der Waals surface area (Å²) < 4.78 is 15.3. The summed E-state index contributed by atoms with van der Waals surface area (Å²) in [6, 6.07) is 10.2. The van der Waals surface area contributed by atoms with Crippen LogP contribution in [0.3, 0.4) is 0 Å². The lowest BCUT2D eigenvalue weighted by Gasteiger charge is -2.12. The number of halogens is 1. The van der Waals surface area contributed by atoms with Crippen LogP contribution in [0, 0.1) is 5.82 Å². The Bertz CT molecular complexity index is 625. The lowest BCUT2D eigenvalue weighted by atomic mass is 10.1. The van der Waals surface area contributed by atoms with E-state index in [-0.39, 0.29) is 18.1 Å². The van der Waals surface area contributed by atoms with Gasteiger partial charge in [0.1, 0.15) is 5.82 Å². The van der Waals surface area contributed by atoms with E-state index in [0.717, 1.165) is 5.69 Å². The molecule has 0 fully saturated rings. The molecule has 0 radical (unpaired) electrons. The van der Waals surface area contributed by atoms with E-state index in [9.17, 15) is 14.3 Å². The van der Waals surface area contributed by atoms with Crippen molar-refractivity contribution in [3.8, 4) is 0 Å². The highest BCUT2D eigenvalue weighted by Crippen LogP contribution is 2.15. The van der Waals surface area contributed by atoms with E-state index >= 15 is 0 Å². The number of aromatic nitrogens is 1. The molecule has 0 aliphatic rings. The standard InChI is InChI=1S/C17H21FN2O2/c1-20-12-4-7-15(20)16(21)10-11-19-17(22)9-8-13-5-2-3-6-14(13)18/h2-7,12,16,21H,8-11H2,1H3,(H,19,22). The van der Waals surface area contributed by atoms with Gasteiger partial charge in [0, 0.05) is 31.9 Å². The summed E-state index contributed by atoms with van der Waals surface area (Å²) in [4.78, 5) is 11.7. The molecule has 22 heavy (non-hydrogen) atoms. The van der Waals surface area contributed by atoms with E-state index in [1.807, 2.05) is 29.9 Å². The molecule has 1 amide bonds. The molecule has 0 saturated carbocycles. The fourth-order valence-electron chi connectivity index (χ4n) is 2.35. The van der Waals surface area contributed by atoms with Gasteiger partial charge in [-0.15, -0.1) is 0 Å². The fraction of sp³-hybridized carbons (Fsp3) is 0.353. The minimum absolute atomic E-state index is 0.137. The van der Waals surface area contributed by atoms with Crippen LogP contribution < -0.4 is 5.32 Å². The summed E-state index contributed by atoms with van der Waals surface area (Å²) >= 11 is 0. The zero-order chi connectivity index (χ0) is 15.9. The SMILES string of the molecule is Cn1cccc1C(O)CCNC(=O)CCc1ccccc1F. The Kier molecular flexibility index (Phi) is 5.72. The average molecular weight is 304 g/mol. The Morgan fingerprint density at radius 2 is 2.09 bits per heavy atom. The maximum Gasteiger partial charge on any atom is 0.220 e. The molecule has 0 saturated heterocycles. The highest BCUT2D eigenvalue weighted by atomic mass is 19.1. The lowest BCUT2D eigenvalue weighted by Crippen LogP contribution is -2.26. The van der Waals surface area contributed by atoms with Crippen LogP contribution in [0.2, 0.25) is 0 Å². The number of amides is 1. The Hall–Kier alpha value is -2.14. The molecule has 2 aromatic rings. The monoisotopic (exact) mass is 304 g/mol. The van der Waals surface area contributed by atoms with Crippen molar-refractivity contribution in [2.24, 2.45) is 7.05 Å². The number of aliphatic hydroxyl groups excluding tert-OH is 1. The second-order valence-corrected chi connectivity index (χ2v) is 5.29. The predicted molar refractivity (Wildman–Crippen MR) is 82.7 cm³/mol. The van der Waals surface area contributed by atoms with Gasteiger partial charge in [0.05, 0.1) is 6.10 Å². The van der Waals surface area contributed by atoms with Crippen molar-refractivity contribution >= 4 is 5.91 Å². The third-order valence-electron chi connectivity index (χ3n) is 3.64. The van der Waals surface area contributed by atoms with Gasteiger partial charge in [-0.1, -0.05) is 18.2 Å². The third kappa shape index (κ3) is 4.43. The summed E-state index contributed by atoms with van der Waals surface area (Å²) in [5.41, 5.74) is 1.36. The van der Waals surface area contributed by atoms with E-state index in [4.69, 9.17) is 0 Å². The first-order valence-electron chi connectivity index (χ1n) is 7.37. The lowest BCUT2D eigenvalue weighted by molar-refractivity contribution is -0.121. The number of nitrogens with zero attached hydrogens (tertiary/aromatic N) is 1. The first-order chi connectivity index (χ1) is 10.6. The number of aliphatic hydroxyl groups is 1. The molecule has 1 aromatic heterocycles. The zero-order valence-corrected chi connectivity index (χ0v) is 12.6. The van der Waals surface area contributed by atoms with Gasteiger partial charge in [-0.05, 0) is 36.6 Å². The highest BCUT2D eigenvalue weighted by Gasteiger charge is 2.11. The van der Waals surface area contributed by atoms with Gasteiger partial charge in [-0.2, -0.15) is 0 Å². The maximum atomic E-state index is 13.4. The number of hydrogen-bond donors (Lipinski definition) is 2. The topological polar surface area (TPSA) is 54.3 Å². The van der Waals surface area contributed by atoms with Gasteiger partial charge in [-0.3, -0.25) is 4.79 Å². The van der Waals surface area contributed by atoms with Gasteiger partial charge in [-0.25, -0.2) is 4.39 Å². The number of nitrogens with one attached hydrogen (secondary N) is 1. The van der Waals surface area contributed by atoms with Crippen LogP contribution in [-0.4, -0.2) is 22.1 Å². The van der Waals surface area contributed by atoms with Crippen molar-refractivity contribution in [1.29, 1.82) is 0 Å². The molecule has 2 rings (SSSR count). The number of aryl methyl sites for hydroxylation is 2. The number of benzene rings is 1. The molecular weight excluding hydrogens is 283 g/mol. The van der Waals surface area contributed by atoms with E-state index < -0.39 is 6.10 Å². The van der Waals surface area contributed by atoms with Crippen LogP contribution in [0.1, 0.15) is 30.2 Å². The molecule has 4 nitrogen and oxygen atoms in total. The summed E-state index contributed by atoms with van der Waals surface area (Å²) in [7, 11) is 1.87. The fourth-order valence-corrected chi connectivity index (χ4v) is 2.35. The van der Waals surface area contributed by atoms with Gasteiger partial charge < -0.3 is 15.0 Å². The number of carbonyl (C=O) groups excluding carboxylic acids is 1. The van der Waals surface area contributed by atoms with Gasteiger partial charge in [0.2, 0.25) is 5.91 Å². The average Bonchev–Trinajstić information content (AvgIpc) is 2.92. The van der Waals surface area contributed by atoms with Crippen molar-refractivity contribution in [1.82, 2.24) is 9.88 Å². The van der Waals surface area contributed by atoms with Gasteiger partial charge >= 0.3 is 0 Å². The van der Waals surface area contributed by atoms with Crippen LogP contribution in [0.15, 0.2) is 42.6 Å². The molecule has 0 bridgehead atoms. The normalized spacial score (nSPS) is 12.1. The molecule has 0 spiro atoms. The van der Waals surface area contributed by atoms with Crippen LogP contribution in [0.25, 0.3) is 0 Å². The van der Waals surface area contributed by atoms with Gasteiger partial charge in [0.25, 0.3) is 0 Å². The van der Waals surface area contributed by atoms with Crippen LogP contribution in [-0.2, 0) is 18.3 Å². The third-order valence-corrected chi connectivity index (χ3v) is 3.64. The van der Waals surface area contributed by atoms with E-state index in [1.165, 1.54) is 6.07 Å². The van der Waals surface area contributed by atoms with E-state index in [2.05, 4.69) is 5.32 Å². The van der Waals surface area contributed by atoms with Crippen molar-refractivity contribution in [3.63, 3.8) is 0 Å². The highest BCUT2D eigenvalue weighted by molar-refractivity contribution is 5.76. The second-order valence-electron chi connectivity index (χ2n) is 5.29. The summed E-state index contributed by atoms with van der Waals surface area (Å²) in [6.07, 6.45) is 2.32. The van der Waals surface area contributed by atoms with Gasteiger partial charge in [0.15, 0.2) is 0 Å². The largest absolute Gasteiger partial charge is 0.387 e. The molecule has 2 N–H and O–H groups in total. The maximum absolute atomic E-state index is 13.4. The molecule has 0 aliphatic carbocycles. The van der Waals surface area contributed by atoms with Crippen LogP contribution in [0.5, 0.6) is 0 Å².